The molecule has 0 aliphatic carbocycles. The van der Waals surface area contributed by atoms with Gasteiger partial charge in [-0.3, -0.25) is 4.39 Å². The van der Waals surface area contributed by atoms with Gasteiger partial charge in [-0.25, -0.2) is 0 Å². The molecule has 0 radical (unpaired) electrons. The molecule has 0 aliphatic rings. The van der Waals surface area contributed by atoms with Crippen molar-refractivity contribution in [2.45, 2.75) is 12.5 Å². The Morgan fingerprint density at radius 2 is 1.93 bits per heavy atom. The molecule has 1 atom stereocenters. The molecule has 1 rings (SSSR count). The summed E-state index contributed by atoms with van der Waals surface area (Å²) in [5.74, 6) is 0. The number of hydrogen-bond acceptors (Lipinski definition) is 2. The van der Waals surface area contributed by atoms with Crippen molar-refractivity contribution in [1.82, 2.24) is 0 Å². The van der Waals surface area contributed by atoms with Crippen LogP contribution in [0.15, 0.2) is 21.1 Å². The number of hydrogen-bond donors (Lipinski definition) is 2. The van der Waals surface area contributed by atoms with E-state index in [0.717, 1.165) is 14.5 Å². The summed E-state index contributed by atoms with van der Waals surface area (Å²) in [6.07, 6.45) is 0.285. The van der Waals surface area contributed by atoms with Crippen LogP contribution in [-0.2, 0) is 0 Å². The molecule has 4 N–H and O–H groups in total. The van der Waals surface area contributed by atoms with E-state index < -0.39 is 6.67 Å². The van der Waals surface area contributed by atoms with Crippen molar-refractivity contribution >= 4 is 50.0 Å². The van der Waals surface area contributed by atoms with Crippen LogP contribution in [0.2, 0.25) is 0 Å². The summed E-state index contributed by atoms with van der Waals surface area (Å²) in [6, 6.07) is 3.30. The molecule has 0 aromatic heterocycles. The van der Waals surface area contributed by atoms with Crippen LogP contribution in [0, 0.1) is 0 Å². The van der Waals surface area contributed by atoms with Crippen LogP contribution < -0.4 is 11.5 Å². The maximum absolute atomic E-state index is 12.1. The van der Waals surface area contributed by atoms with Crippen molar-refractivity contribution in [1.29, 1.82) is 0 Å². The molecular formula is C9H12Br2ClFN2. The normalized spacial score (nSPS) is 12.0. The molecule has 0 spiro atoms. The molecule has 0 fully saturated rings. The predicted molar refractivity (Wildman–Crippen MR) is 71.0 cm³/mol. The van der Waals surface area contributed by atoms with Gasteiger partial charge in [0.1, 0.15) is 0 Å². The molecule has 1 aromatic carbocycles. The lowest BCUT2D eigenvalue weighted by molar-refractivity contribution is 0.442. The third kappa shape index (κ3) is 3.90. The second kappa shape index (κ2) is 6.68. The first kappa shape index (κ1) is 15.2. The van der Waals surface area contributed by atoms with Gasteiger partial charge in [0.2, 0.25) is 0 Å². The molecular weight excluding hydrogens is 350 g/mol. The van der Waals surface area contributed by atoms with Gasteiger partial charge < -0.3 is 11.5 Å². The number of nitrogens with two attached hydrogens (primary N) is 2. The number of halogens is 4. The van der Waals surface area contributed by atoms with Gasteiger partial charge in [0.15, 0.2) is 0 Å². The molecule has 2 nitrogen and oxygen atoms in total. The van der Waals surface area contributed by atoms with Crippen LogP contribution in [0.5, 0.6) is 0 Å². The fourth-order valence-corrected chi connectivity index (χ4v) is 2.44. The number of alkyl halides is 1. The molecule has 0 unspecified atom stereocenters. The number of benzene rings is 1. The second-order valence-corrected chi connectivity index (χ2v) is 4.74. The Labute approximate surface area is 111 Å². The quantitative estimate of drug-likeness (QED) is 0.808. The van der Waals surface area contributed by atoms with E-state index >= 15 is 0 Å². The average molecular weight is 362 g/mol. The Morgan fingerprint density at radius 3 is 2.47 bits per heavy atom. The molecule has 0 saturated heterocycles. The second-order valence-electron chi connectivity index (χ2n) is 2.97. The summed E-state index contributed by atoms with van der Waals surface area (Å²) in [7, 11) is 0. The molecule has 0 amide bonds. The van der Waals surface area contributed by atoms with Crippen LogP contribution >= 0.6 is 44.3 Å². The maximum Gasteiger partial charge on any atom is 0.0912 e. The van der Waals surface area contributed by atoms with Gasteiger partial charge in [-0.05, 0) is 40.0 Å². The van der Waals surface area contributed by atoms with Crippen molar-refractivity contribution in [3.05, 3.63) is 26.6 Å². The van der Waals surface area contributed by atoms with Crippen LogP contribution in [0.25, 0.3) is 0 Å². The van der Waals surface area contributed by atoms with Gasteiger partial charge in [-0.15, -0.1) is 12.4 Å². The van der Waals surface area contributed by atoms with Crippen molar-refractivity contribution < 1.29 is 4.39 Å². The van der Waals surface area contributed by atoms with Gasteiger partial charge in [0, 0.05) is 15.0 Å². The fraction of sp³-hybridized carbons (Fsp3) is 0.333. The fourth-order valence-electron chi connectivity index (χ4n) is 1.18. The minimum absolute atomic E-state index is 0. The van der Waals surface area contributed by atoms with E-state index in [4.69, 9.17) is 11.5 Å². The monoisotopic (exact) mass is 360 g/mol. The average Bonchev–Trinajstić information content (AvgIpc) is 2.11. The maximum atomic E-state index is 12.1. The van der Waals surface area contributed by atoms with E-state index in [9.17, 15) is 4.39 Å². The molecule has 0 aliphatic heterocycles. The molecule has 1 aromatic rings. The zero-order valence-electron chi connectivity index (χ0n) is 7.84. The summed E-state index contributed by atoms with van der Waals surface area (Å²) in [5, 5.41) is 0. The minimum Gasteiger partial charge on any atom is -0.398 e. The first-order valence-corrected chi connectivity index (χ1v) is 5.70. The van der Waals surface area contributed by atoms with Gasteiger partial charge in [0.05, 0.1) is 12.4 Å². The highest BCUT2D eigenvalue weighted by Crippen LogP contribution is 2.32. The lowest BCUT2D eigenvalue weighted by Gasteiger charge is -2.14. The van der Waals surface area contributed by atoms with E-state index in [1.54, 1.807) is 0 Å². The van der Waals surface area contributed by atoms with Crippen molar-refractivity contribution in [2.75, 3.05) is 12.4 Å². The summed E-state index contributed by atoms with van der Waals surface area (Å²) < 4.78 is 13.8. The molecule has 6 heteroatoms. The highest BCUT2D eigenvalue weighted by Gasteiger charge is 2.12. The summed E-state index contributed by atoms with van der Waals surface area (Å²) in [6.45, 7) is -0.440. The SMILES string of the molecule is Cl.Nc1c(Br)cc(Br)cc1[C@H](N)CCF. The van der Waals surface area contributed by atoms with Crippen LogP contribution in [0.3, 0.4) is 0 Å². The lowest BCUT2D eigenvalue weighted by atomic mass is 10.0. The highest BCUT2D eigenvalue weighted by atomic mass is 79.9. The smallest absolute Gasteiger partial charge is 0.0912 e. The first-order chi connectivity index (χ1) is 6.56. The van der Waals surface area contributed by atoms with Crippen molar-refractivity contribution in [3.8, 4) is 0 Å². The largest absolute Gasteiger partial charge is 0.398 e. The Hall–Kier alpha value is 0.160. The standard InChI is InChI=1S/C9H11Br2FN2.ClH/c10-5-3-6(8(13)1-2-12)9(14)7(11)4-5;/h3-4,8H,1-2,13-14H2;1H/t8-;/m1./s1. The van der Waals surface area contributed by atoms with Crippen LogP contribution in [-0.4, -0.2) is 6.67 Å². The van der Waals surface area contributed by atoms with Crippen LogP contribution in [0.4, 0.5) is 10.1 Å². The Morgan fingerprint density at radius 1 is 1.33 bits per heavy atom. The third-order valence-corrected chi connectivity index (χ3v) is 3.06. The molecule has 0 saturated carbocycles. The summed E-state index contributed by atoms with van der Waals surface area (Å²) in [4.78, 5) is 0. The predicted octanol–water partition coefficient (Wildman–Crippen LogP) is 3.58. The molecule has 15 heavy (non-hydrogen) atoms. The number of anilines is 1. The highest BCUT2D eigenvalue weighted by molar-refractivity contribution is 9.11. The lowest BCUT2D eigenvalue weighted by Crippen LogP contribution is -2.13. The topological polar surface area (TPSA) is 52.0 Å². The summed E-state index contributed by atoms with van der Waals surface area (Å²) >= 11 is 6.64. The van der Waals surface area contributed by atoms with Gasteiger partial charge in [0.25, 0.3) is 0 Å². The molecule has 86 valence electrons. The zero-order chi connectivity index (χ0) is 10.7. The molecule has 0 bridgehead atoms. The van der Waals surface area contributed by atoms with Gasteiger partial charge in [-0.2, -0.15) is 0 Å². The van der Waals surface area contributed by atoms with E-state index in [0.29, 0.717) is 5.69 Å². The van der Waals surface area contributed by atoms with E-state index in [-0.39, 0.29) is 24.9 Å². The van der Waals surface area contributed by atoms with Crippen molar-refractivity contribution in [2.24, 2.45) is 5.73 Å². The van der Waals surface area contributed by atoms with Gasteiger partial charge >= 0.3 is 0 Å². The Kier molecular flexibility index (Phi) is 6.75. The number of nitrogen functional groups attached to an aromatic ring is 1. The first-order valence-electron chi connectivity index (χ1n) is 4.12. The third-order valence-electron chi connectivity index (χ3n) is 1.95. The van der Waals surface area contributed by atoms with E-state index in [2.05, 4.69) is 31.9 Å². The minimum atomic E-state index is -0.440. The van der Waals surface area contributed by atoms with Gasteiger partial charge in [-0.1, -0.05) is 15.9 Å². The summed E-state index contributed by atoms with van der Waals surface area (Å²) in [5.41, 5.74) is 12.9. The Bertz CT molecular complexity index is 336. The van der Waals surface area contributed by atoms with Crippen LogP contribution in [0.1, 0.15) is 18.0 Å². The number of rotatable bonds is 3. The Balaban J connectivity index is 0.00000196. The zero-order valence-corrected chi connectivity index (χ0v) is 11.8. The van der Waals surface area contributed by atoms with E-state index in [1.807, 2.05) is 12.1 Å². The van der Waals surface area contributed by atoms with Crippen molar-refractivity contribution in [3.63, 3.8) is 0 Å². The van der Waals surface area contributed by atoms with E-state index in [1.165, 1.54) is 0 Å². The molecule has 0 heterocycles.